The number of hydrogen-bond acceptors (Lipinski definition) is 3. The molecule has 2 aliphatic rings. The molecule has 0 amide bonds. The monoisotopic (exact) mass is 127 g/mol. The SMILES string of the molecule is C1CCC2=C(C1)ONO2. The van der Waals surface area contributed by atoms with Crippen LogP contribution in [0, 0.1) is 0 Å². The van der Waals surface area contributed by atoms with Crippen molar-refractivity contribution in [2.45, 2.75) is 25.7 Å². The average molecular weight is 127 g/mol. The van der Waals surface area contributed by atoms with Crippen LogP contribution >= 0.6 is 0 Å². The molecule has 0 aromatic carbocycles. The molecular formula is C6H9NO2. The Balaban J connectivity index is 2.17. The van der Waals surface area contributed by atoms with Gasteiger partial charge in [0, 0.05) is 18.5 Å². The van der Waals surface area contributed by atoms with Crippen LogP contribution in [0.2, 0.25) is 0 Å². The number of allylic oxidation sites excluding steroid dienone is 2. The average Bonchev–Trinajstić information content (AvgIpc) is 2.33. The van der Waals surface area contributed by atoms with Gasteiger partial charge in [-0.1, -0.05) is 0 Å². The van der Waals surface area contributed by atoms with Crippen molar-refractivity contribution in [1.29, 1.82) is 0 Å². The minimum absolute atomic E-state index is 1.00. The second-order valence-electron chi connectivity index (χ2n) is 2.34. The molecule has 0 saturated heterocycles. The Labute approximate surface area is 53.5 Å². The Hall–Kier alpha value is -0.700. The standard InChI is InChI=1S/C6H9NO2/c1-2-4-6-5(3-1)8-7-9-6/h7H,1-4H2. The van der Waals surface area contributed by atoms with Crippen molar-refractivity contribution < 1.29 is 9.68 Å². The minimum atomic E-state index is 1.00. The van der Waals surface area contributed by atoms with Crippen LogP contribution in [0.4, 0.5) is 0 Å². The molecule has 0 radical (unpaired) electrons. The molecule has 3 heteroatoms. The highest BCUT2D eigenvalue weighted by Crippen LogP contribution is 2.28. The van der Waals surface area contributed by atoms with Crippen molar-refractivity contribution in [3.05, 3.63) is 11.5 Å². The fourth-order valence-corrected chi connectivity index (χ4v) is 1.19. The van der Waals surface area contributed by atoms with Crippen LogP contribution in [0.3, 0.4) is 0 Å². The summed E-state index contributed by atoms with van der Waals surface area (Å²) in [4.78, 5) is 9.93. The van der Waals surface area contributed by atoms with E-state index in [9.17, 15) is 0 Å². The van der Waals surface area contributed by atoms with Crippen molar-refractivity contribution in [2.24, 2.45) is 0 Å². The molecule has 1 N–H and O–H groups in total. The van der Waals surface area contributed by atoms with Gasteiger partial charge < -0.3 is 9.68 Å². The molecule has 1 aliphatic carbocycles. The van der Waals surface area contributed by atoms with Crippen LogP contribution in [0.15, 0.2) is 11.5 Å². The quantitative estimate of drug-likeness (QED) is 0.531. The molecule has 3 nitrogen and oxygen atoms in total. The minimum Gasteiger partial charge on any atom is -0.374 e. The molecule has 9 heavy (non-hydrogen) atoms. The molecule has 0 spiro atoms. The Morgan fingerprint density at radius 2 is 1.56 bits per heavy atom. The predicted octanol–water partition coefficient (Wildman–Crippen LogP) is 1.24. The van der Waals surface area contributed by atoms with Gasteiger partial charge in [-0.05, 0) is 12.8 Å². The van der Waals surface area contributed by atoms with Gasteiger partial charge in [0.15, 0.2) is 11.5 Å². The fraction of sp³-hybridized carbons (Fsp3) is 0.667. The van der Waals surface area contributed by atoms with Gasteiger partial charge in [0.05, 0.1) is 0 Å². The first kappa shape index (κ1) is 5.11. The van der Waals surface area contributed by atoms with Gasteiger partial charge in [0.2, 0.25) is 0 Å². The topological polar surface area (TPSA) is 30.5 Å². The molecule has 1 aliphatic heterocycles. The van der Waals surface area contributed by atoms with Gasteiger partial charge in [-0.25, -0.2) is 0 Å². The number of nitrogens with one attached hydrogen (secondary N) is 1. The molecule has 50 valence electrons. The lowest BCUT2D eigenvalue weighted by Gasteiger charge is -2.06. The molecular weight excluding hydrogens is 118 g/mol. The van der Waals surface area contributed by atoms with Gasteiger partial charge in [0.1, 0.15) is 0 Å². The summed E-state index contributed by atoms with van der Waals surface area (Å²) in [5.41, 5.74) is 2.39. The third-order valence-electron chi connectivity index (χ3n) is 1.70. The van der Waals surface area contributed by atoms with Crippen LogP contribution < -0.4 is 5.64 Å². The zero-order valence-electron chi connectivity index (χ0n) is 5.14. The normalized spacial score (nSPS) is 24.9. The van der Waals surface area contributed by atoms with E-state index in [2.05, 4.69) is 5.64 Å². The van der Waals surface area contributed by atoms with Gasteiger partial charge in [0.25, 0.3) is 0 Å². The van der Waals surface area contributed by atoms with Crippen molar-refractivity contribution in [1.82, 2.24) is 5.64 Å². The predicted molar refractivity (Wildman–Crippen MR) is 30.8 cm³/mol. The van der Waals surface area contributed by atoms with Crippen LogP contribution in [0.1, 0.15) is 25.7 Å². The zero-order valence-corrected chi connectivity index (χ0v) is 5.14. The molecule has 0 aromatic rings. The maximum atomic E-state index is 4.96. The lowest BCUT2D eigenvalue weighted by molar-refractivity contribution is -0.0666. The lowest BCUT2D eigenvalue weighted by atomic mass is 10.1. The van der Waals surface area contributed by atoms with E-state index < -0.39 is 0 Å². The summed E-state index contributed by atoms with van der Waals surface area (Å²) in [6.45, 7) is 0. The van der Waals surface area contributed by atoms with Gasteiger partial charge in [-0.2, -0.15) is 0 Å². The number of rotatable bonds is 0. The van der Waals surface area contributed by atoms with E-state index in [1.807, 2.05) is 0 Å². The van der Waals surface area contributed by atoms with E-state index in [-0.39, 0.29) is 0 Å². The summed E-state index contributed by atoms with van der Waals surface area (Å²) < 4.78 is 0. The van der Waals surface area contributed by atoms with E-state index in [4.69, 9.17) is 9.68 Å². The van der Waals surface area contributed by atoms with Crippen LogP contribution in [-0.4, -0.2) is 0 Å². The summed E-state index contributed by atoms with van der Waals surface area (Å²) in [5, 5.41) is 0. The lowest BCUT2D eigenvalue weighted by Crippen LogP contribution is -2.02. The maximum absolute atomic E-state index is 4.96. The Bertz CT molecular complexity index is 137. The van der Waals surface area contributed by atoms with Gasteiger partial charge in [-0.15, -0.1) is 0 Å². The maximum Gasteiger partial charge on any atom is 0.168 e. The second kappa shape index (κ2) is 1.92. The summed E-state index contributed by atoms with van der Waals surface area (Å²) in [6, 6.07) is 0. The van der Waals surface area contributed by atoms with Crippen molar-refractivity contribution in [3.8, 4) is 0 Å². The molecule has 0 fully saturated rings. The highest BCUT2D eigenvalue weighted by Gasteiger charge is 2.20. The Morgan fingerprint density at radius 1 is 1.00 bits per heavy atom. The third-order valence-corrected chi connectivity index (χ3v) is 1.70. The first-order valence-electron chi connectivity index (χ1n) is 3.27. The van der Waals surface area contributed by atoms with Crippen molar-refractivity contribution >= 4 is 0 Å². The van der Waals surface area contributed by atoms with E-state index in [0.717, 1.165) is 24.4 Å². The highest BCUT2D eigenvalue weighted by atomic mass is 16.9. The first-order valence-corrected chi connectivity index (χ1v) is 3.27. The first-order chi connectivity index (χ1) is 4.47. The van der Waals surface area contributed by atoms with Crippen LogP contribution in [-0.2, 0) is 9.68 Å². The van der Waals surface area contributed by atoms with E-state index in [1.54, 1.807) is 0 Å². The molecule has 0 atom stereocenters. The molecule has 2 rings (SSSR count). The van der Waals surface area contributed by atoms with E-state index in [0.29, 0.717) is 0 Å². The summed E-state index contributed by atoms with van der Waals surface area (Å²) >= 11 is 0. The van der Waals surface area contributed by atoms with Crippen molar-refractivity contribution in [2.75, 3.05) is 0 Å². The van der Waals surface area contributed by atoms with Crippen LogP contribution in [0.25, 0.3) is 0 Å². The molecule has 0 unspecified atom stereocenters. The highest BCUT2D eigenvalue weighted by molar-refractivity contribution is 5.06. The van der Waals surface area contributed by atoms with Crippen molar-refractivity contribution in [3.63, 3.8) is 0 Å². The van der Waals surface area contributed by atoms with Crippen LogP contribution in [0.5, 0.6) is 0 Å². The second-order valence-corrected chi connectivity index (χ2v) is 2.34. The van der Waals surface area contributed by atoms with Gasteiger partial charge >= 0.3 is 0 Å². The summed E-state index contributed by atoms with van der Waals surface area (Å²) in [7, 11) is 0. The number of hydrogen-bond donors (Lipinski definition) is 1. The molecule has 1 heterocycles. The largest absolute Gasteiger partial charge is 0.374 e. The fourth-order valence-electron chi connectivity index (χ4n) is 1.19. The molecule has 0 aromatic heterocycles. The van der Waals surface area contributed by atoms with Gasteiger partial charge in [-0.3, -0.25) is 0 Å². The summed E-state index contributed by atoms with van der Waals surface area (Å²) in [6.07, 6.45) is 4.51. The van der Waals surface area contributed by atoms with E-state index in [1.165, 1.54) is 12.8 Å². The Morgan fingerprint density at radius 3 is 2.11 bits per heavy atom. The zero-order chi connectivity index (χ0) is 6.10. The third kappa shape index (κ3) is 0.772. The van der Waals surface area contributed by atoms with E-state index >= 15 is 0 Å². The molecule has 0 bridgehead atoms. The smallest absolute Gasteiger partial charge is 0.168 e. The summed E-state index contributed by atoms with van der Waals surface area (Å²) in [5.74, 6) is 2.00. The molecule has 0 saturated carbocycles. The Kier molecular flexibility index (Phi) is 1.09.